The number of aromatic amines is 1. The minimum atomic E-state index is 0.583. The number of nitrogens with zero attached hydrogens (tertiary/aromatic N) is 2. The average Bonchev–Trinajstić information content (AvgIpc) is 2.39. The maximum absolute atomic E-state index is 9.07. The molecular weight excluding hydrogens is 198 g/mol. The van der Waals surface area contributed by atoms with E-state index in [1.807, 2.05) is 18.3 Å². The van der Waals surface area contributed by atoms with Crippen LogP contribution in [-0.4, -0.2) is 13.1 Å². The number of nitriles is 1. The van der Waals surface area contributed by atoms with Crippen molar-refractivity contribution in [1.29, 1.82) is 5.26 Å². The first-order valence-electron chi connectivity index (χ1n) is 5.96. The molecule has 0 bridgehead atoms. The molecule has 2 rings (SSSR count). The number of hydrogen-bond donors (Lipinski definition) is 0. The van der Waals surface area contributed by atoms with Gasteiger partial charge in [0.2, 0.25) is 0 Å². The van der Waals surface area contributed by atoms with Crippen molar-refractivity contribution < 1.29 is 4.98 Å². The van der Waals surface area contributed by atoms with E-state index < -0.39 is 0 Å². The third kappa shape index (κ3) is 2.16. The van der Waals surface area contributed by atoms with Crippen molar-refractivity contribution in [3.63, 3.8) is 0 Å². The van der Waals surface area contributed by atoms with Crippen molar-refractivity contribution in [2.45, 2.75) is 38.1 Å². The number of rotatable bonds is 2. The number of nitrogens with one attached hydrogen (secondary N) is 1. The van der Waals surface area contributed by atoms with Gasteiger partial charge in [0.25, 0.3) is 5.82 Å². The summed E-state index contributed by atoms with van der Waals surface area (Å²) in [5, 5.41) is 9.07. The van der Waals surface area contributed by atoms with Gasteiger partial charge in [-0.25, -0.2) is 4.98 Å². The molecule has 84 valence electrons. The van der Waals surface area contributed by atoms with Gasteiger partial charge in [-0.1, -0.05) is 6.42 Å². The zero-order chi connectivity index (χ0) is 11.4. The molecule has 1 aliphatic rings. The molecule has 1 saturated carbocycles. The lowest BCUT2D eigenvalue weighted by molar-refractivity contribution is -0.364. The highest BCUT2D eigenvalue weighted by Gasteiger charge is 2.26. The standard InChI is InChI=1S/C13H17N3/c1-16(12-7-3-2-4-8-12)13-11(10-14)6-5-9-15-13/h5-6,9,12H,2-4,7-8H2,1H3/p+1. The molecule has 3 heteroatoms. The van der Waals surface area contributed by atoms with Crippen LogP contribution in [0.4, 0.5) is 5.82 Å². The van der Waals surface area contributed by atoms with Crippen LogP contribution in [0.5, 0.6) is 0 Å². The zero-order valence-electron chi connectivity index (χ0n) is 9.74. The summed E-state index contributed by atoms with van der Waals surface area (Å²) in [4.78, 5) is 5.42. The largest absolute Gasteiger partial charge is 0.292 e. The van der Waals surface area contributed by atoms with E-state index in [0.29, 0.717) is 6.04 Å². The third-order valence-electron chi connectivity index (χ3n) is 3.43. The molecule has 16 heavy (non-hydrogen) atoms. The maximum atomic E-state index is 9.07. The Balaban J connectivity index is 2.19. The first-order valence-corrected chi connectivity index (χ1v) is 5.96. The molecule has 0 spiro atoms. The number of hydrogen-bond acceptors (Lipinski definition) is 2. The molecule has 1 aromatic rings. The van der Waals surface area contributed by atoms with Gasteiger partial charge >= 0.3 is 0 Å². The molecule has 0 amide bonds. The summed E-state index contributed by atoms with van der Waals surface area (Å²) < 4.78 is 0. The highest BCUT2D eigenvalue weighted by atomic mass is 15.2. The molecule has 1 heterocycles. The summed E-state index contributed by atoms with van der Waals surface area (Å²) in [5.41, 5.74) is 0.732. The fraction of sp³-hybridized carbons (Fsp3) is 0.538. The van der Waals surface area contributed by atoms with Gasteiger partial charge in [0.15, 0.2) is 0 Å². The summed E-state index contributed by atoms with van der Waals surface area (Å²) in [6.45, 7) is 0. The Morgan fingerprint density at radius 3 is 2.81 bits per heavy atom. The zero-order valence-corrected chi connectivity index (χ0v) is 9.74. The maximum Gasteiger partial charge on any atom is 0.292 e. The van der Waals surface area contributed by atoms with Gasteiger partial charge in [-0.2, -0.15) is 5.26 Å². The molecule has 1 N–H and O–H groups in total. The SMILES string of the molecule is CN(c1[nH+]cccc1C#N)C1CCCCC1. The highest BCUT2D eigenvalue weighted by molar-refractivity contribution is 5.49. The van der Waals surface area contributed by atoms with Crippen LogP contribution in [-0.2, 0) is 0 Å². The van der Waals surface area contributed by atoms with Crippen LogP contribution in [0.15, 0.2) is 18.3 Å². The lowest BCUT2D eigenvalue weighted by atomic mass is 9.94. The van der Waals surface area contributed by atoms with Gasteiger partial charge in [0.1, 0.15) is 11.6 Å². The molecule has 0 radical (unpaired) electrons. The van der Waals surface area contributed by atoms with Crippen LogP contribution in [0.25, 0.3) is 0 Å². The molecular formula is C13H18N3+. The van der Waals surface area contributed by atoms with Gasteiger partial charge in [-0.3, -0.25) is 4.90 Å². The number of pyridine rings is 1. The van der Waals surface area contributed by atoms with Crippen LogP contribution in [0.1, 0.15) is 37.7 Å². The second-order valence-corrected chi connectivity index (χ2v) is 4.45. The van der Waals surface area contributed by atoms with Crippen LogP contribution < -0.4 is 9.88 Å². The Bertz CT molecular complexity index is 388. The Labute approximate surface area is 96.7 Å². The quantitative estimate of drug-likeness (QED) is 0.760. The van der Waals surface area contributed by atoms with Crippen molar-refractivity contribution in [2.24, 2.45) is 0 Å². The predicted molar refractivity (Wildman–Crippen MR) is 63.0 cm³/mol. The summed E-state index contributed by atoms with van der Waals surface area (Å²) in [6.07, 6.45) is 8.34. The van der Waals surface area contributed by atoms with Crippen molar-refractivity contribution in [1.82, 2.24) is 0 Å². The van der Waals surface area contributed by atoms with Crippen LogP contribution >= 0.6 is 0 Å². The van der Waals surface area contributed by atoms with Gasteiger partial charge < -0.3 is 0 Å². The van der Waals surface area contributed by atoms with E-state index in [2.05, 4.69) is 23.0 Å². The number of H-pyrrole nitrogens is 1. The third-order valence-corrected chi connectivity index (χ3v) is 3.43. The number of aromatic nitrogens is 1. The topological polar surface area (TPSA) is 41.2 Å². The van der Waals surface area contributed by atoms with Crippen LogP contribution in [0.3, 0.4) is 0 Å². The van der Waals surface area contributed by atoms with E-state index in [0.717, 1.165) is 11.4 Å². The Morgan fingerprint density at radius 2 is 2.12 bits per heavy atom. The summed E-state index contributed by atoms with van der Waals surface area (Å²) in [5.74, 6) is 0.955. The van der Waals surface area contributed by atoms with Gasteiger partial charge in [0, 0.05) is 0 Å². The molecule has 1 aromatic heterocycles. The molecule has 0 unspecified atom stereocenters. The van der Waals surface area contributed by atoms with Crippen molar-refractivity contribution in [2.75, 3.05) is 11.9 Å². The van der Waals surface area contributed by atoms with Gasteiger partial charge in [0.05, 0.1) is 19.3 Å². The van der Waals surface area contributed by atoms with Crippen molar-refractivity contribution in [3.8, 4) is 6.07 Å². The monoisotopic (exact) mass is 216 g/mol. The summed E-state index contributed by atoms with van der Waals surface area (Å²) >= 11 is 0. The van der Waals surface area contributed by atoms with E-state index >= 15 is 0 Å². The molecule has 0 atom stereocenters. The Hall–Kier alpha value is -1.56. The molecule has 1 fully saturated rings. The average molecular weight is 216 g/mol. The van der Waals surface area contributed by atoms with E-state index in [1.54, 1.807) is 0 Å². The van der Waals surface area contributed by atoms with E-state index in [4.69, 9.17) is 5.26 Å². The first-order chi connectivity index (χ1) is 7.83. The van der Waals surface area contributed by atoms with Crippen LogP contribution in [0, 0.1) is 11.3 Å². The normalized spacial score (nSPS) is 16.8. The van der Waals surface area contributed by atoms with E-state index in [-0.39, 0.29) is 0 Å². The van der Waals surface area contributed by atoms with E-state index in [1.165, 1.54) is 32.1 Å². The second-order valence-electron chi connectivity index (χ2n) is 4.45. The lowest BCUT2D eigenvalue weighted by Gasteiger charge is -2.26. The molecule has 3 nitrogen and oxygen atoms in total. The van der Waals surface area contributed by atoms with Crippen molar-refractivity contribution in [3.05, 3.63) is 23.9 Å². The van der Waals surface area contributed by atoms with Gasteiger partial charge in [-0.15, -0.1) is 0 Å². The summed E-state index contributed by atoms with van der Waals surface area (Å²) in [7, 11) is 2.09. The van der Waals surface area contributed by atoms with Crippen molar-refractivity contribution >= 4 is 5.82 Å². The molecule has 0 aliphatic heterocycles. The van der Waals surface area contributed by atoms with E-state index in [9.17, 15) is 0 Å². The summed E-state index contributed by atoms with van der Waals surface area (Å²) in [6, 6.07) is 6.56. The molecule has 0 saturated heterocycles. The van der Waals surface area contributed by atoms with Gasteiger partial charge in [-0.05, 0) is 37.8 Å². The molecule has 1 aliphatic carbocycles. The minimum absolute atomic E-state index is 0.583. The minimum Gasteiger partial charge on any atom is -0.261 e. The highest BCUT2D eigenvalue weighted by Crippen LogP contribution is 2.25. The first kappa shape index (κ1) is 10.9. The predicted octanol–water partition coefficient (Wildman–Crippen LogP) is 2.14. The fourth-order valence-corrected chi connectivity index (χ4v) is 2.46. The smallest absolute Gasteiger partial charge is 0.261 e. The number of anilines is 1. The lowest BCUT2D eigenvalue weighted by Crippen LogP contribution is -2.37. The Morgan fingerprint density at radius 1 is 1.38 bits per heavy atom. The van der Waals surface area contributed by atoms with Crippen LogP contribution in [0.2, 0.25) is 0 Å². The molecule has 0 aromatic carbocycles. The Kier molecular flexibility index (Phi) is 3.40. The second kappa shape index (κ2) is 4.98. The fourth-order valence-electron chi connectivity index (χ4n) is 2.46.